The molecule has 1 saturated heterocycles. The standard InChI is InChI=1S/C19H24F4N4O8/c1-8-15(28)16(29)17(30)19(35-8)34-7-6-33-5-4-32-3-2-25-18(31)9-10(20)12(22)14(26-27-24)13(23)11(9)21/h8,15-17,19,28-30H,2-7H2,1H3,(H,25,31)/t8-,15?,16?,17-,19?/m0/s1. The molecule has 0 bridgehead atoms. The smallest absolute Gasteiger partial charge is 0.257 e. The summed E-state index contributed by atoms with van der Waals surface area (Å²) in [4.78, 5) is 14.0. The molecule has 1 aromatic carbocycles. The molecule has 35 heavy (non-hydrogen) atoms. The molecule has 3 unspecified atom stereocenters. The second-order valence-corrected chi connectivity index (χ2v) is 7.20. The number of aliphatic hydroxyl groups is 3. The second-order valence-electron chi connectivity index (χ2n) is 7.20. The normalized spacial score (nSPS) is 24.2. The minimum absolute atomic E-state index is 0.00393. The number of ether oxygens (including phenoxy) is 4. The first-order chi connectivity index (χ1) is 16.6. The Morgan fingerprint density at radius 3 is 2.14 bits per heavy atom. The van der Waals surface area contributed by atoms with Crippen molar-refractivity contribution in [3.05, 3.63) is 39.3 Å². The highest BCUT2D eigenvalue weighted by molar-refractivity contribution is 5.95. The highest BCUT2D eigenvalue weighted by Gasteiger charge is 2.42. The van der Waals surface area contributed by atoms with Gasteiger partial charge in [-0.05, 0) is 12.5 Å². The third kappa shape index (κ3) is 7.22. The molecule has 1 aromatic rings. The third-order valence-corrected chi connectivity index (χ3v) is 4.83. The van der Waals surface area contributed by atoms with E-state index in [1.54, 1.807) is 0 Å². The van der Waals surface area contributed by atoms with Gasteiger partial charge in [0.2, 0.25) is 0 Å². The average Bonchev–Trinajstić information content (AvgIpc) is 2.83. The van der Waals surface area contributed by atoms with Crippen LogP contribution in [0.3, 0.4) is 0 Å². The van der Waals surface area contributed by atoms with Crippen LogP contribution in [0, 0.1) is 23.3 Å². The lowest BCUT2D eigenvalue weighted by atomic mass is 10.0. The van der Waals surface area contributed by atoms with Crippen LogP contribution < -0.4 is 5.32 Å². The van der Waals surface area contributed by atoms with Gasteiger partial charge in [0.25, 0.3) is 5.91 Å². The van der Waals surface area contributed by atoms with Gasteiger partial charge in [-0.25, -0.2) is 17.6 Å². The Labute approximate surface area is 196 Å². The van der Waals surface area contributed by atoms with E-state index in [-0.39, 0.29) is 39.6 Å². The molecule has 0 saturated carbocycles. The van der Waals surface area contributed by atoms with E-state index >= 15 is 0 Å². The van der Waals surface area contributed by atoms with E-state index in [2.05, 4.69) is 10.0 Å². The molecule has 0 aromatic heterocycles. The molecular weight excluding hydrogens is 488 g/mol. The van der Waals surface area contributed by atoms with Crippen molar-refractivity contribution in [1.29, 1.82) is 0 Å². The summed E-state index contributed by atoms with van der Waals surface area (Å²) < 4.78 is 76.2. The summed E-state index contributed by atoms with van der Waals surface area (Å²) in [6, 6.07) is 0. The SMILES string of the molecule is C[C@@H]1OC(OCCOCCOCCNC(=O)c2c(F)c(F)c(N=[N+]=[N-])c(F)c2F)[C@@H](O)C(O)C1O. The van der Waals surface area contributed by atoms with Crippen LogP contribution in [0.15, 0.2) is 5.11 Å². The fourth-order valence-corrected chi connectivity index (χ4v) is 2.97. The van der Waals surface area contributed by atoms with Crippen LogP contribution in [0.25, 0.3) is 10.4 Å². The van der Waals surface area contributed by atoms with Crippen LogP contribution in [0.4, 0.5) is 23.2 Å². The van der Waals surface area contributed by atoms with Gasteiger partial charge >= 0.3 is 0 Å². The van der Waals surface area contributed by atoms with Gasteiger partial charge in [0, 0.05) is 11.5 Å². The lowest BCUT2D eigenvalue weighted by molar-refractivity contribution is -0.294. The van der Waals surface area contributed by atoms with Crippen molar-refractivity contribution >= 4 is 11.6 Å². The van der Waals surface area contributed by atoms with Gasteiger partial charge in [0.05, 0.1) is 39.1 Å². The molecule has 1 amide bonds. The maximum Gasteiger partial charge on any atom is 0.257 e. The zero-order valence-corrected chi connectivity index (χ0v) is 18.4. The number of benzene rings is 1. The summed E-state index contributed by atoms with van der Waals surface area (Å²) in [5.74, 6) is -9.46. The molecule has 12 nitrogen and oxygen atoms in total. The van der Waals surface area contributed by atoms with Gasteiger partial charge in [0.15, 0.2) is 29.6 Å². The van der Waals surface area contributed by atoms with Crippen molar-refractivity contribution in [2.75, 3.05) is 39.6 Å². The zero-order chi connectivity index (χ0) is 26.1. The molecule has 1 aliphatic rings. The van der Waals surface area contributed by atoms with Crippen LogP contribution >= 0.6 is 0 Å². The lowest BCUT2D eigenvalue weighted by Gasteiger charge is -2.38. The first-order valence-electron chi connectivity index (χ1n) is 10.3. The van der Waals surface area contributed by atoms with Gasteiger partial charge < -0.3 is 39.6 Å². The minimum Gasteiger partial charge on any atom is -0.388 e. The number of rotatable bonds is 12. The van der Waals surface area contributed by atoms with Crippen molar-refractivity contribution < 1.29 is 56.6 Å². The molecule has 0 aliphatic carbocycles. The first kappa shape index (κ1) is 28.7. The van der Waals surface area contributed by atoms with Crippen LogP contribution in [0.5, 0.6) is 0 Å². The zero-order valence-electron chi connectivity index (χ0n) is 18.4. The Morgan fingerprint density at radius 1 is 0.971 bits per heavy atom. The van der Waals surface area contributed by atoms with Crippen LogP contribution in [-0.2, 0) is 18.9 Å². The molecule has 1 fully saturated rings. The molecule has 196 valence electrons. The molecule has 1 aliphatic heterocycles. The summed E-state index contributed by atoms with van der Waals surface area (Å²) in [6.45, 7) is 1.33. The number of hydrogen-bond acceptors (Lipinski definition) is 9. The van der Waals surface area contributed by atoms with Crippen molar-refractivity contribution in [2.45, 2.75) is 37.6 Å². The van der Waals surface area contributed by atoms with Crippen molar-refractivity contribution in [3.8, 4) is 0 Å². The average molecular weight is 512 g/mol. The Bertz CT molecular complexity index is 908. The number of nitrogens with zero attached hydrogens (tertiary/aromatic N) is 3. The van der Waals surface area contributed by atoms with Crippen LogP contribution in [-0.4, -0.2) is 91.5 Å². The number of nitrogens with one attached hydrogen (secondary N) is 1. The summed E-state index contributed by atoms with van der Waals surface area (Å²) in [6.07, 6.45) is -5.97. The summed E-state index contributed by atoms with van der Waals surface area (Å²) in [7, 11) is 0. The molecule has 0 radical (unpaired) electrons. The molecule has 5 atom stereocenters. The Kier molecular flexibility index (Phi) is 11.1. The number of amides is 1. The van der Waals surface area contributed by atoms with E-state index in [1.165, 1.54) is 6.92 Å². The molecule has 4 N–H and O–H groups in total. The Morgan fingerprint density at radius 2 is 1.54 bits per heavy atom. The summed E-state index contributed by atoms with van der Waals surface area (Å²) in [5.41, 5.74) is 5.17. The molecule has 2 rings (SSSR count). The number of aliphatic hydroxyl groups excluding tert-OH is 3. The summed E-state index contributed by atoms with van der Waals surface area (Å²) in [5, 5.41) is 33.7. The Hall–Kier alpha value is -2.56. The van der Waals surface area contributed by atoms with Crippen molar-refractivity contribution in [3.63, 3.8) is 0 Å². The molecule has 16 heteroatoms. The third-order valence-electron chi connectivity index (χ3n) is 4.83. The number of halogens is 4. The fraction of sp³-hybridized carbons (Fsp3) is 0.632. The highest BCUT2D eigenvalue weighted by atomic mass is 19.2. The maximum atomic E-state index is 13.9. The fourth-order valence-electron chi connectivity index (χ4n) is 2.97. The van der Waals surface area contributed by atoms with E-state index < -0.39 is 71.1 Å². The number of azide groups is 1. The predicted molar refractivity (Wildman–Crippen MR) is 107 cm³/mol. The van der Waals surface area contributed by atoms with Crippen LogP contribution in [0.1, 0.15) is 17.3 Å². The van der Waals surface area contributed by atoms with E-state index in [4.69, 9.17) is 24.5 Å². The minimum atomic E-state index is -2.01. The molecule has 0 spiro atoms. The Balaban J connectivity index is 1.63. The maximum absolute atomic E-state index is 13.9. The highest BCUT2D eigenvalue weighted by Crippen LogP contribution is 2.30. The van der Waals surface area contributed by atoms with Gasteiger partial charge in [0.1, 0.15) is 29.6 Å². The van der Waals surface area contributed by atoms with Crippen molar-refractivity contribution in [2.24, 2.45) is 5.11 Å². The largest absolute Gasteiger partial charge is 0.388 e. The van der Waals surface area contributed by atoms with Gasteiger partial charge in [-0.3, -0.25) is 4.79 Å². The predicted octanol–water partition coefficient (Wildman–Crippen LogP) is 0.792. The van der Waals surface area contributed by atoms with E-state index in [0.717, 1.165) is 0 Å². The lowest BCUT2D eigenvalue weighted by Crippen LogP contribution is -2.57. The second kappa shape index (κ2) is 13.5. The number of hydrogen-bond donors (Lipinski definition) is 4. The van der Waals surface area contributed by atoms with Gasteiger partial charge in [-0.1, -0.05) is 5.11 Å². The van der Waals surface area contributed by atoms with E-state index in [1.807, 2.05) is 5.32 Å². The molecular formula is C19H24F4N4O8. The number of carbonyl (C=O) groups excluding carboxylic acids is 1. The number of carbonyl (C=O) groups is 1. The van der Waals surface area contributed by atoms with Crippen molar-refractivity contribution in [1.82, 2.24) is 5.32 Å². The quantitative estimate of drug-likeness (QED) is 0.0794. The van der Waals surface area contributed by atoms with Crippen LogP contribution in [0.2, 0.25) is 0 Å². The van der Waals surface area contributed by atoms with E-state index in [9.17, 15) is 37.7 Å². The molecule has 1 heterocycles. The van der Waals surface area contributed by atoms with E-state index in [0.29, 0.717) is 0 Å². The van der Waals surface area contributed by atoms with Gasteiger partial charge in [-0.15, -0.1) is 0 Å². The topological polar surface area (TPSA) is 175 Å². The summed E-state index contributed by atoms with van der Waals surface area (Å²) >= 11 is 0. The monoisotopic (exact) mass is 512 g/mol. The first-order valence-corrected chi connectivity index (χ1v) is 10.3. The van der Waals surface area contributed by atoms with Gasteiger partial charge in [-0.2, -0.15) is 0 Å².